The third kappa shape index (κ3) is 11.9. The molecule has 0 saturated carbocycles. The van der Waals surface area contributed by atoms with Crippen molar-refractivity contribution in [2.24, 2.45) is 0 Å². The van der Waals surface area contributed by atoms with Crippen molar-refractivity contribution in [3.8, 4) is 0 Å². The van der Waals surface area contributed by atoms with Gasteiger partial charge >= 0.3 is 12.0 Å². The minimum Gasteiger partial charge on any atom is -0.461 e. The second kappa shape index (κ2) is 18.2. The SMILES string of the molecule is CN(CCN(C)c1ccc(NC(=O)CCCC(=O)OCc2ccc(Cl)cc2)cc1)C(=O)Nc1c(Cl)cc(CN2CCCCC2)cc1Cl. The molecule has 0 unspecified atom stereocenters. The van der Waals surface area contributed by atoms with Gasteiger partial charge in [-0.25, -0.2) is 4.79 Å². The second-order valence-electron chi connectivity index (χ2n) is 11.8. The summed E-state index contributed by atoms with van der Waals surface area (Å²) in [4.78, 5) is 43.3. The number of piperidine rings is 1. The molecule has 3 aromatic rings. The second-order valence-corrected chi connectivity index (χ2v) is 13.0. The molecule has 1 heterocycles. The molecule has 3 aromatic carbocycles. The van der Waals surface area contributed by atoms with E-state index in [2.05, 4.69) is 15.5 Å². The first kappa shape index (κ1) is 36.3. The summed E-state index contributed by atoms with van der Waals surface area (Å²) in [7, 11) is 3.65. The van der Waals surface area contributed by atoms with Gasteiger partial charge in [-0.05, 0) is 92.0 Å². The number of anilines is 3. The molecule has 0 aliphatic carbocycles. The fraction of sp³-hybridized carbons (Fsp3) is 0.400. The van der Waals surface area contributed by atoms with E-state index in [1.165, 1.54) is 19.3 Å². The molecule has 0 atom stereocenters. The number of halogens is 3. The van der Waals surface area contributed by atoms with Crippen molar-refractivity contribution in [1.82, 2.24) is 9.80 Å². The summed E-state index contributed by atoms with van der Waals surface area (Å²) in [5.74, 6) is -0.533. The number of hydrogen-bond acceptors (Lipinski definition) is 6. The summed E-state index contributed by atoms with van der Waals surface area (Å²) in [6.45, 7) is 4.12. The van der Waals surface area contributed by atoms with E-state index < -0.39 is 0 Å². The average Bonchev–Trinajstić information content (AvgIpc) is 3.05. The van der Waals surface area contributed by atoms with Gasteiger partial charge < -0.3 is 25.2 Å². The summed E-state index contributed by atoms with van der Waals surface area (Å²) >= 11 is 18.9. The number of carbonyl (C=O) groups excluding carboxylic acids is 3. The molecule has 0 bridgehead atoms. The third-order valence-corrected chi connectivity index (χ3v) is 8.84. The largest absolute Gasteiger partial charge is 0.461 e. The Labute approximate surface area is 292 Å². The summed E-state index contributed by atoms with van der Waals surface area (Å²) in [5.41, 5.74) is 3.87. The molecule has 1 fully saturated rings. The number of urea groups is 1. The molecule has 1 aliphatic heterocycles. The van der Waals surface area contributed by atoms with Crippen LogP contribution in [0.3, 0.4) is 0 Å². The number of likely N-dealkylation sites (tertiary alicyclic amines) is 1. The van der Waals surface area contributed by atoms with Crippen LogP contribution in [0.5, 0.6) is 0 Å². The van der Waals surface area contributed by atoms with Gasteiger partial charge in [0.25, 0.3) is 0 Å². The quantitative estimate of drug-likeness (QED) is 0.165. The highest BCUT2D eigenvalue weighted by atomic mass is 35.5. The monoisotopic (exact) mass is 701 g/mol. The number of nitrogens with zero attached hydrogens (tertiary/aromatic N) is 3. The maximum absolute atomic E-state index is 12.9. The highest BCUT2D eigenvalue weighted by Gasteiger charge is 2.17. The van der Waals surface area contributed by atoms with E-state index in [-0.39, 0.29) is 37.4 Å². The number of benzene rings is 3. The van der Waals surface area contributed by atoms with E-state index in [0.717, 1.165) is 36.4 Å². The Balaban J connectivity index is 1.15. The van der Waals surface area contributed by atoms with Crippen molar-refractivity contribution < 1.29 is 19.1 Å². The van der Waals surface area contributed by atoms with E-state index in [4.69, 9.17) is 39.5 Å². The molecule has 1 saturated heterocycles. The zero-order valence-electron chi connectivity index (χ0n) is 26.9. The van der Waals surface area contributed by atoms with E-state index >= 15 is 0 Å². The molecular weight excluding hydrogens is 661 g/mol. The van der Waals surface area contributed by atoms with Crippen molar-refractivity contribution in [3.63, 3.8) is 0 Å². The highest BCUT2D eigenvalue weighted by Crippen LogP contribution is 2.33. The first-order valence-electron chi connectivity index (χ1n) is 15.8. The Morgan fingerprint density at radius 1 is 0.809 bits per heavy atom. The van der Waals surface area contributed by atoms with Crippen molar-refractivity contribution in [2.45, 2.75) is 51.7 Å². The lowest BCUT2D eigenvalue weighted by Gasteiger charge is -2.27. The molecule has 0 spiro atoms. The number of likely N-dealkylation sites (N-methyl/N-ethyl adjacent to an activating group) is 2. The summed E-state index contributed by atoms with van der Waals surface area (Å²) in [6.07, 6.45) is 4.42. The summed E-state index contributed by atoms with van der Waals surface area (Å²) in [6, 6.07) is 18.0. The maximum atomic E-state index is 12.9. The number of rotatable bonds is 14. The third-order valence-electron chi connectivity index (χ3n) is 8.00. The zero-order valence-corrected chi connectivity index (χ0v) is 29.1. The van der Waals surface area contributed by atoms with E-state index in [9.17, 15) is 14.4 Å². The molecule has 9 nitrogen and oxygen atoms in total. The molecule has 3 amide bonds. The van der Waals surface area contributed by atoms with Crippen LogP contribution < -0.4 is 15.5 Å². The van der Waals surface area contributed by atoms with Crippen LogP contribution in [-0.2, 0) is 27.5 Å². The lowest BCUT2D eigenvalue weighted by molar-refractivity contribution is -0.145. The van der Waals surface area contributed by atoms with Crippen LogP contribution in [0, 0.1) is 0 Å². The van der Waals surface area contributed by atoms with Crippen molar-refractivity contribution >= 4 is 69.8 Å². The zero-order chi connectivity index (χ0) is 33.8. The minimum absolute atomic E-state index is 0.155. The number of esters is 1. The average molecular weight is 703 g/mol. The standard InChI is InChI=1S/C35H42Cl3N5O4/c1-41(19-20-42(2)35(46)40-34-30(37)21-26(22-31(34)38)23-43-17-4-3-5-18-43)29-15-13-28(14-16-29)39-32(44)7-6-8-33(45)47-24-25-9-11-27(36)12-10-25/h9-16,21-22H,3-8,17-20,23-24H2,1-2H3,(H,39,44)(H,40,46). The van der Waals surface area contributed by atoms with Gasteiger partial charge in [0, 0.05) is 63.0 Å². The Hall–Kier alpha value is -3.50. The predicted molar refractivity (Wildman–Crippen MR) is 191 cm³/mol. The Bertz CT molecular complexity index is 1480. The van der Waals surface area contributed by atoms with E-state index in [1.807, 2.05) is 48.3 Å². The molecule has 2 N–H and O–H groups in total. The first-order chi connectivity index (χ1) is 22.6. The number of hydrogen-bond donors (Lipinski definition) is 2. The van der Waals surface area contributed by atoms with Crippen LogP contribution in [0.15, 0.2) is 60.7 Å². The Morgan fingerprint density at radius 2 is 1.47 bits per heavy atom. The van der Waals surface area contributed by atoms with Crippen LogP contribution in [0.1, 0.15) is 49.7 Å². The predicted octanol–water partition coefficient (Wildman–Crippen LogP) is 8.09. The number of ether oxygens (including phenoxy) is 1. The molecule has 4 rings (SSSR count). The molecule has 47 heavy (non-hydrogen) atoms. The van der Waals surface area contributed by atoms with E-state index in [1.54, 1.807) is 36.2 Å². The first-order valence-corrected chi connectivity index (χ1v) is 16.9. The number of carbonyl (C=O) groups is 3. The summed E-state index contributed by atoms with van der Waals surface area (Å²) in [5, 5.41) is 7.17. The van der Waals surface area contributed by atoms with Gasteiger partial charge in [-0.3, -0.25) is 14.5 Å². The summed E-state index contributed by atoms with van der Waals surface area (Å²) < 4.78 is 5.26. The molecule has 0 aromatic heterocycles. The van der Waals surface area contributed by atoms with Crippen molar-refractivity contribution in [2.75, 3.05) is 55.8 Å². The lowest BCUT2D eigenvalue weighted by atomic mass is 10.1. The van der Waals surface area contributed by atoms with Crippen molar-refractivity contribution in [1.29, 1.82) is 0 Å². The topological polar surface area (TPSA) is 94.2 Å². The van der Waals surface area contributed by atoms with Crippen LogP contribution in [0.25, 0.3) is 0 Å². The fourth-order valence-electron chi connectivity index (χ4n) is 5.18. The van der Waals surface area contributed by atoms with Crippen LogP contribution >= 0.6 is 34.8 Å². The van der Waals surface area contributed by atoms with E-state index in [0.29, 0.717) is 46.0 Å². The van der Waals surface area contributed by atoms with Crippen molar-refractivity contribution in [3.05, 3.63) is 86.9 Å². The molecule has 12 heteroatoms. The number of nitrogens with one attached hydrogen (secondary N) is 2. The van der Waals surface area contributed by atoms with Gasteiger partial charge in [-0.15, -0.1) is 0 Å². The van der Waals surface area contributed by atoms with Gasteiger partial charge in [-0.2, -0.15) is 0 Å². The minimum atomic E-state index is -0.354. The Morgan fingerprint density at radius 3 is 2.13 bits per heavy atom. The van der Waals surface area contributed by atoms with Gasteiger partial charge in [0.15, 0.2) is 0 Å². The highest BCUT2D eigenvalue weighted by molar-refractivity contribution is 6.39. The normalized spacial score (nSPS) is 13.1. The van der Waals surface area contributed by atoms with Crippen LogP contribution in [-0.4, -0.2) is 68.0 Å². The number of amides is 3. The molecule has 0 radical (unpaired) electrons. The fourth-order valence-corrected chi connectivity index (χ4v) is 5.93. The van der Waals surface area contributed by atoms with Gasteiger partial charge in [0.1, 0.15) is 6.61 Å². The molecular formula is C35H42Cl3N5O4. The van der Waals surface area contributed by atoms with Gasteiger partial charge in [-0.1, -0.05) is 53.4 Å². The maximum Gasteiger partial charge on any atom is 0.321 e. The van der Waals surface area contributed by atoms with Crippen LogP contribution in [0.2, 0.25) is 15.1 Å². The molecule has 252 valence electrons. The van der Waals surface area contributed by atoms with Gasteiger partial charge in [0.05, 0.1) is 15.7 Å². The molecule has 1 aliphatic rings. The Kier molecular flexibility index (Phi) is 14.0. The lowest BCUT2D eigenvalue weighted by Crippen LogP contribution is -2.37. The smallest absolute Gasteiger partial charge is 0.321 e. The van der Waals surface area contributed by atoms with Crippen LogP contribution in [0.4, 0.5) is 21.9 Å². The van der Waals surface area contributed by atoms with Gasteiger partial charge in [0.2, 0.25) is 5.91 Å².